The van der Waals surface area contributed by atoms with Crippen LogP contribution in [0, 0.1) is 0 Å². The average Bonchev–Trinajstić information content (AvgIpc) is 3.39. The lowest BCUT2D eigenvalue weighted by atomic mass is 10.1. The molecule has 11 nitrogen and oxygen atoms in total. The Kier molecular flexibility index (Phi) is 53.8. The number of aliphatic hydroxyl groups excluding tert-OH is 1. The first-order chi connectivity index (χ1) is 36.2. The van der Waals surface area contributed by atoms with E-state index in [0.29, 0.717) is 19.3 Å². The van der Waals surface area contributed by atoms with E-state index in [9.17, 15) is 28.9 Å². The highest BCUT2D eigenvalue weighted by Crippen LogP contribution is 2.43. The van der Waals surface area contributed by atoms with E-state index in [1.165, 1.54) is 83.5 Å². The summed E-state index contributed by atoms with van der Waals surface area (Å²) in [5, 5.41) is 9.82. The first-order valence-corrected chi connectivity index (χ1v) is 31.3. The number of allylic oxidation sites excluding steroid dienone is 12. The van der Waals surface area contributed by atoms with Crippen molar-refractivity contribution in [1.29, 1.82) is 0 Å². The number of carbonyl (C=O) groups is 3. The van der Waals surface area contributed by atoms with E-state index in [0.717, 1.165) is 122 Å². The molecule has 0 fully saturated rings. The Hall–Kier alpha value is -3.08. The number of phosphoric acid groups is 1. The smallest absolute Gasteiger partial charge is 0.462 e. The Morgan fingerprint density at radius 1 is 0.378 bits per heavy atom. The maximum absolute atomic E-state index is 12.9. The van der Waals surface area contributed by atoms with Crippen LogP contribution in [-0.4, -0.2) is 66.5 Å². The quantitative estimate of drug-likeness (QED) is 0.0197. The van der Waals surface area contributed by atoms with E-state index in [1.54, 1.807) is 0 Å². The maximum atomic E-state index is 12.9. The van der Waals surface area contributed by atoms with Gasteiger partial charge in [0, 0.05) is 19.3 Å². The predicted molar refractivity (Wildman–Crippen MR) is 307 cm³/mol. The molecule has 0 saturated heterocycles. The van der Waals surface area contributed by atoms with Crippen molar-refractivity contribution in [2.24, 2.45) is 0 Å². The summed E-state index contributed by atoms with van der Waals surface area (Å²) < 4.78 is 39.5. The van der Waals surface area contributed by atoms with E-state index in [1.807, 2.05) is 0 Å². The van der Waals surface area contributed by atoms with Crippen LogP contribution in [-0.2, 0) is 42.2 Å². The summed E-state index contributed by atoms with van der Waals surface area (Å²) in [5.41, 5.74) is 0. The van der Waals surface area contributed by atoms with Gasteiger partial charge in [0.2, 0.25) is 0 Å². The van der Waals surface area contributed by atoms with Crippen molar-refractivity contribution in [1.82, 2.24) is 0 Å². The van der Waals surface area contributed by atoms with Gasteiger partial charge in [0.1, 0.15) is 12.7 Å². The molecular formula is C62H109O11P. The van der Waals surface area contributed by atoms with Crippen LogP contribution in [0.25, 0.3) is 0 Å². The van der Waals surface area contributed by atoms with Crippen LogP contribution < -0.4 is 0 Å². The van der Waals surface area contributed by atoms with E-state index in [2.05, 4.69) is 93.7 Å². The van der Waals surface area contributed by atoms with Crippen molar-refractivity contribution in [3.8, 4) is 0 Å². The van der Waals surface area contributed by atoms with Crippen LogP contribution in [0.2, 0.25) is 0 Å². The molecular weight excluding hydrogens is 952 g/mol. The van der Waals surface area contributed by atoms with Crippen molar-refractivity contribution in [3.63, 3.8) is 0 Å². The van der Waals surface area contributed by atoms with Gasteiger partial charge in [0.15, 0.2) is 6.10 Å². The zero-order valence-corrected chi connectivity index (χ0v) is 48.2. The minimum Gasteiger partial charge on any atom is -0.462 e. The molecule has 12 heteroatoms. The standard InChI is InChI=1S/C62H109O11P/c1-4-7-10-13-16-19-22-25-27-28-29-30-32-35-38-41-44-47-50-53-62(66)73-59(55-69-60(64)51-48-45-42-39-36-33-24-21-18-15-12-9-6-3)57-71-74(67,68)70-56-58(54-63)72-61(65)52-49-46-43-40-37-34-31-26-23-20-17-14-11-8-5-2/h12,15-17,19-21,24-27,31,58-59,63H,4-11,13-14,18,22-23,28-30,32-57H2,1-3H3,(H,67,68)/b15-12-,19-16-,20-17-,24-21-,27-25-,31-26-. The molecule has 0 aliphatic rings. The van der Waals surface area contributed by atoms with Gasteiger partial charge in [-0.3, -0.25) is 23.4 Å². The summed E-state index contributed by atoms with van der Waals surface area (Å²) in [6, 6.07) is 0. The molecule has 0 aliphatic heterocycles. The van der Waals surface area contributed by atoms with Gasteiger partial charge >= 0.3 is 25.7 Å². The SMILES string of the molecule is CCC/C=C\C/C=C\CCCCCCCC(=O)OCC(COP(=O)(O)OCC(CO)OC(=O)CCCCCCC/C=C\C/C=C\CCCCC)OC(=O)CCCCCCCCCCC/C=C\C/C=C\CCCCC. The van der Waals surface area contributed by atoms with Gasteiger partial charge in [-0.15, -0.1) is 0 Å². The fourth-order valence-corrected chi connectivity index (χ4v) is 8.77. The second-order valence-electron chi connectivity index (χ2n) is 19.8. The molecule has 0 aromatic rings. The second kappa shape index (κ2) is 56.1. The summed E-state index contributed by atoms with van der Waals surface area (Å²) in [4.78, 5) is 48.6. The topological polar surface area (TPSA) is 155 Å². The van der Waals surface area contributed by atoms with Gasteiger partial charge in [-0.2, -0.15) is 0 Å². The van der Waals surface area contributed by atoms with Gasteiger partial charge in [0.05, 0.1) is 19.8 Å². The minimum absolute atomic E-state index is 0.157. The van der Waals surface area contributed by atoms with Crippen molar-refractivity contribution in [2.45, 2.75) is 277 Å². The third-order valence-corrected chi connectivity index (χ3v) is 13.5. The molecule has 0 aromatic heterocycles. The highest BCUT2D eigenvalue weighted by atomic mass is 31.2. The first kappa shape index (κ1) is 70.9. The normalized spacial score (nSPS) is 13.9. The van der Waals surface area contributed by atoms with Crippen LogP contribution in [0.5, 0.6) is 0 Å². The number of unbranched alkanes of at least 4 members (excludes halogenated alkanes) is 26. The summed E-state index contributed by atoms with van der Waals surface area (Å²) >= 11 is 0. The summed E-state index contributed by atoms with van der Waals surface area (Å²) in [6.07, 6.45) is 62.8. The zero-order valence-electron chi connectivity index (χ0n) is 47.3. The molecule has 0 aromatic carbocycles. The van der Waals surface area contributed by atoms with Crippen LogP contribution in [0.1, 0.15) is 265 Å². The first-order valence-electron chi connectivity index (χ1n) is 29.8. The average molecular weight is 1060 g/mol. The van der Waals surface area contributed by atoms with Crippen LogP contribution in [0.3, 0.4) is 0 Å². The molecule has 0 saturated carbocycles. The van der Waals surface area contributed by atoms with Gasteiger partial charge in [-0.1, -0.05) is 209 Å². The zero-order chi connectivity index (χ0) is 54.1. The Morgan fingerprint density at radius 3 is 1.05 bits per heavy atom. The fourth-order valence-electron chi connectivity index (χ4n) is 7.98. The Morgan fingerprint density at radius 2 is 0.689 bits per heavy atom. The molecule has 0 amide bonds. The van der Waals surface area contributed by atoms with Gasteiger partial charge < -0.3 is 24.2 Å². The van der Waals surface area contributed by atoms with Crippen LogP contribution in [0.4, 0.5) is 0 Å². The van der Waals surface area contributed by atoms with E-state index < -0.39 is 57.8 Å². The molecule has 74 heavy (non-hydrogen) atoms. The number of hydrogen-bond acceptors (Lipinski definition) is 10. The molecule has 0 radical (unpaired) electrons. The largest absolute Gasteiger partial charge is 0.472 e. The van der Waals surface area contributed by atoms with E-state index in [-0.39, 0.29) is 25.9 Å². The van der Waals surface area contributed by atoms with E-state index in [4.69, 9.17) is 23.3 Å². The molecule has 3 unspecified atom stereocenters. The highest BCUT2D eigenvalue weighted by Gasteiger charge is 2.28. The molecule has 2 N–H and O–H groups in total. The van der Waals surface area contributed by atoms with Crippen LogP contribution in [0.15, 0.2) is 72.9 Å². The molecule has 0 bridgehead atoms. The molecule has 0 heterocycles. The second-order valence-corrected chi connectivity index (χ2v) is 21.3. The monoisotopic (exact) mass is 1060 g/mol. The van der Waals surface area contributed by atoms with Gasteiger partial charge in [0.25, 0.3) is 0 Å². The Bertz CT molecular complexity index is 1520. The molecule has 0 rings (SSSR count). The molecule has 428 valence electrons. The third kappa shape index (κ3) is 53.7. The molecule has 0 aliphatic carbocycles. The number of aliphatic hydroxyl groups is 1. The molecule has 0 spiro atoms. The Labute approximate surface area is 452 Å². The van der Waals surface area contributed by atoms with Crippen molar-refractivity contribution >= 4 is 25.7 Å². The number of esters is 3. The molecule has 3 atom stereocenters. The fraction of sp³-hybridized carbons (Fsp3) is 0.758. The van der Waals surface area contributed by atoms with Crippen LogP contribution >= 0.6 is 7.82 Å². The number of hydrogen-bond donors (Lipinski definition) is 2. The third-order valence-electron chi connectivity index (χ3n) is 12.6. The van der Waals surface area contributed by atoms with Crippen molar-refractivity contribution in [2.75, 3.05) is 26.4 Å². The van der Waals surface area contributed by atoms with E-state index >= 15 is 0 Å². The van der Waals surface area contributed by atoms with Gasteiger partial charge in [-0.05, 0) is 109 Å². The number of carbonyl (C=O) groups excluding carboxylic acids is 3. The lowest BCUT2D eigenvalue weighted by molar-refractivity contribution is -0.161. The number of rotatable bonds is 55. The Balaban J connectivity index is 4.72. The highest BCUT2D eigenvalue weighted by molar-refractivity contribution is 7.47. The lowest BCUT2D eigenvalue weighted by Gasteiger charge is -2.21. The lowest BCUT2D eigenvalue weighted by Crippen LogP contribution is -2.30. The number of phosphoric ester groups is 1. The summed E-state index contributed by atoms with van der Waals surface area (Å²) in [5.74, 6) is -1.49. The summed E-state index contributed by atoms with van der Waals surface area (Å²) in [7, 11) is -4.76. The summed E-state index contributed by atoms with van der Waals surface area (Å²) in [6.45, 7) is 4.51. The maximum Gasteiger partial charge on any atom is 0.472 e. The van der Waals surface area contributed by atoms with Crippen molar-refractivity contribution in [3.05, 3.63) is 72.9 Å². The number of ether oxygens (including phenoxy) is 3. The van der Waals surface area contributed by atoms with Crippen molar-refractivity contribution < 1.29 is 52.2 Å². The van der Waals surface area contributed by atoms with Gasteiger partial charge in [-0.25, -0.2) is 4.57 Å². The predicted octanol–water partition coefficient (Wildman–Crippen LogP) is 17.7. The minimum atomic E-state index is -4.76.